The van der Waals surface area contributed by atoms with E-state index < -0.39 is 6.04 Å². The second-order valence-electron chi connectivity index (χ2n) is 13.9. The molecule has 0 radical (unpaired) electrons. The number of carbonyl (C=O) groups excluding carboxylic acids is 3. The van der Waals surface area contributed by atoms with Gasteiger partial charge in [-0.1, -0.05) is 6.42 Å². The Bertz CT molecular complexity index is 1150. The van der Waals surface area contributed by atoms with Crippen molar-refractivity contribution in [2.24, 2.45) is 11.8 Å². The first-order valence-corrected chi connectivity index (χ1v) is 17.2. The van der Waals surface area contributed by atoms with Gasteiger partial charge in [-0.05, 0) is 113 Å². The van der Waals surface area contributed by atoms with Crippen LogP contribution in [-0.4, -0.2) is 85.2 Å². The molecule has 242 valence electrons. The van der Waals surface area contributed by atoms with Crippen molar-refractivity contribution in [1.29, 1.82) is 0 Å². The molecule has 5 aliphatic rings. The highest BCUT2D eigenvalue weighted by molar-refractivity contribution is 6.05. The lowest BCUT2D eigenvalue weighted by Crippen LogP contribution is -2.52. The summed E-state index contributed by atoms with van der Waals surface area (Å²) in [4.78, 5) is 41.8. The highest BCUT2D eigenvalue weighted by atomic mass is 16.5. The summed E-state index contributed by atoms with van der Waals surface area (Å²) in [5.41, 5.74) is 1.52. The first-order valence-electron chi connectivity index (χ1n) is 17.2. The van der Waals surface area contributed by atoms with E-state index in [4.69, 9.17) is 14.2 Å². The van der Waals surface area contributed by atoms with E-state index in [1.807, 2.05) is 32.4 Å². The summed E-state index contributed by atoms with van der Waals surface area (Å²) in [6.45, 7) is 2.63. The fraction of sp³-hybridized carbons (Fsp3) is 0.743. The van der Waals surface area contributed by atoms with Gasteiger partial charge >= 0.3 is 0 Å². The molecule has 3 atom stereocenters. The Morgan fingerprint density at radius 2 is 1.45 bits per heavy atom. The van der Waals surface area contributed by atoms with Crippen molar-refractivity contribution in [1.82, 2.24) is 15.1 Å². The summed E-state index contributed by atoms with van der Waals surface area (Å²) in [7, 11) is 3.69. The molecule has 3 aliphatic carbocycles. The van der Waals surface area contributed by atoms with Gasteiger partial charge in [0.2, 0.25) is 11.8 Å². The smallest absolute Gasteiger partial charge is 0.255 e. The largest absolute Gasteiger partial charge is 0.489 e. The minimum atomic E-state index is -0.605. The van der Waals surface area contributed by atoms with Crippen LogP contribution in [0.15, 0.2) is 18.2 Å². The molecule has 9 heteroatoms. The average Bonchev–Trinajstić information content (AvgIpc) is 3.36. The molecule has 1 aromatic rings. The van der Waals surface area contributed by atoms with Crippen LogP contribution in [0, 0.1) is 11.8 Å². The van der Waals surface area contributed by atoms with Gasteiger partial charge in [-0.15, -0.1) is 0 Å². The van der Waals surface area contributed by atoms with Crippen molar-refractivity contribution in [3.63, 3.8) is 0 Å². The minimum Gasteiger partial charge on any atom is -0.489 e. The lowest BCUT2D eigenvalue weighted by molar-refractivity contribution is -0.136. The zero-order valence-corrected chi connectivity index (χ0v) is 26.6. The molecule has 0 spiro atoms. The molecule has 2 heterocycles. The summed E-state index contributed by atoms with van der Waals surface area (Å²) >= 11 is 0. The Kier molecular flexibility index (Phi) is 10.2. The van der Waals surface area contributed by atoms with E-state index >= 15 is 0 Å². The Morgan fingerprint density at radius 3 is 2.07 bits per heavy atom. The fourth-order valence-corrected chi connectivity index (χ4v) is 8.54. The summed E-state index contributed by atoms with van der Waals surface area (Å²) < 4.78 is 18.2. The average molecular weight is 610 g/mol. The van der Waals surface area contributed by atoms with Gasteiger partial charge in [0.05, 0.1) is 12.2 Å². The van der Waals surface area contributed by atoms with Crippen LogP contribution >= 0.6 is 0 Å². The molecule has 1 N–H and O–H groups in total. The van der Waals surface area contributed by atoms with Crippen molar-refractivity contribution in [3.05, 3.63) is 29.3 Å². The van der Waals surface area contributed by atoms with Crippen LogP contribution in [-0.2, 0) is 25.6 Å². The number of fused-ring (bicyclic) bond motifs is 1. The molecule has 3 amide bonds. The number of nitrogens with one attached hydrogen (secondary N) is 1. The maximum Gasteiger partial charge on any atom is 0.255 e. The number of amides is 3. The number of methoxy groups -OCH3 is 2. The van der Waals surface area contributed by atoms with E-state index in [0.717, 1.165) is 62.9 Å². The van der Waals surface area contributed by atoms with Crippen molar-refractivity contribution in [2.75, 3.05) is 27.3 Å². The van der Waals surface area contributed by atoms with E-state index in [9.17, 15) is 14.4 Å². The normalized spacial score (nSPS) is 32.9. The molecule has 44 heavy (non-hydrogen) atoms. The molecule has 2 aliphatic heterocycles. The Morgan fingerprint density at radius 1 is 0.818 bits per heavy atom. The standard InChI is InChI=1S/C35H51N3O6/c1-42-26-11-7-23(8-12-26)20-37(21-24-9-13-27(43-2)14-10-24)30-5-3-4-6-32(30)44-28-15-16-29-25(19-28)22-38(35(29)41)31-17-18-33(39)36-34(31)40/h15-16,19,23-24,26-27,30-32H,3-14,17-18,20-22H2,1-2H3,(H,36,39,40)/t23?,24?,26?,27?,30-,31?,32+/m0/s1. The van der Waals surface area contributed by atoms with E-state index in [-0.39, 0.29) is 30.2 Å². The summed E-state index contributed by atoms with van der Waals surface area (Å²) in [5, 5.41) is 2.39. The van der Waals surface area contributed by atoms with Gasteiger partial charge in [0.15, 0.2) is 0 Å². The van der Waals surface area contributed by atoms with E-state index in [1.54, 1.807) is 4.90 Å². The number of hydrogen-bond donors (Lipinski definition) is 1. The van der Waals surface area contributed by atoms with Crippen LogP contribution in [0.4, 0.5) is 0 Å². The van der Waals surface area contributed by atoms with Crippen LogP contribution in [0.25, 0.3) is 0 Å². The maximum atomic E-state index is 13.2. The van der Waals surface area contributed by atoms with E-state index in [2.05, 4.69) is 10.2 Å². The lowest BCUT2D eigenvalue weighted by Gasteiger charge is -2.44. The quantitative estimate of drug-likeness (QED) is 0.379. The van der Waals surface area contributed by atoms with Gasteiger partial charge in [-0.2, -0.15) is 0 Å². The van der Waals surface area contributed by atoms with E-state index in [1.165, 1.54) is 38.5 Å². The number of benzene rings is 1. The number of piperidine rings is 1. The van der Waals surface area contributed by atoms with Gasteiger partial charge in [-0.25, -0.2) is 0 Å². The fourth-order valence-electron chi connectivity index (χ4n) is 8.54. The Balaban J connectivity index is 1.15. The van der Waals surface area contributed by atoms with Crippen LogP contribution in [0.3, 0.4) is 0 Å². The van der Waals surface area contributed by atoms with Gasteiger partial charge < -0.3 is 19.1 Å². The number of nitrogens with zero attached hydrogens (tertiary/aromatic N) is 2. The molecule has 6 rings (SSSR count). The molecule has 0 bridgehead atoms. The third kappa shape index (κ3) is 7.15. The molecule has 4 fully saturated rings. The molecular formula is C35H51N3O6. The number of ether oxygens (including phenoxy) is 3. The number of rotatable bonds is 10. The summed E-state index contributed by atoms with van der Waals surface area (Å²) in [5.74, 6) is 1.41. The monoisotopic (exact) mass is 609 g/mol. The van der Waals surface area contributed by atoms with Gasteiger partial charge in [0.1, 0.15) is 17.9 Å². The molecule has 1 saturated heterocycles. The van der Waals surface area contributed by atoms with Crippen molar-refractivity contribution >= 4 is 17.7 Å². The number of imide groups is 1. The Hall–Kier alpha value is -2.49. The minimum absolute atomic E-state index is 0.107. The molecule has 0 aromatic heterocycles. The molecule has 1 unspecified atom stereocenters. The van der Waals surface area contributed by atoms with Gasteiger partial charge in [0.25, 0.3) is 5.91 Å². The van der Waals surface area contributed by atoms with Crippen LogP contribution in [0.2, 0.25) is 0 Å². The number of hydrogen-bond acceptors (Lipinski definition) is 7. The first-order chi connectivity index (χ1) is 21.4. The molecule has 9 nitrogen and oxygen atoms in total. The van der Waals surface area contributed by atoms with Gasteiger partial charge in [0, 0.05) is 51.9 Å². The summed E-state index contributed by atoms with van der Waals surface area (Å²) in [6, 6.07) is 5.56. The topological polar surface area (TPSA) is 97.4 Å². The summed E-state index contributed by atoms with van der Waals surface area (Å²) in [6.07, 6.45) is 15.7. The van der Waals surface area contributed by atoms with Crippen LogP contribution in [0.1, 0.15) is 106 Å². The zero-order valence-electron chi connectivity index (χ0n) is 26.6. The third-order valence-electron chi connectivity index (χ3n) is 11.2. The van der Waals surface area contributed by atoms with E-state index in [0.29, 0.717) is 48.6 Å². The Labute approximate surface area is 262 Å². The highest BCUT2D eigenvalue weighted by Gasteiger charge is 2.40. The van der Waals surface area contributed by atoms with Gasteiger partial charge in [-0.3, -0.25) is 24.6 Å². The first kappa shape index (κ1) is 31.5. The van der Waals surface area contributed by atoms with Crippen molar-refractivity contribution in [2.45, 2.75) is 127 Å². The lowest BCUT2D eigenvalue weighted by atomic mass is 9.83. The molecule has 3 saturated carbocycles. The molecule has 1 aromatic carbocycles. The second kappa shape index (κ2) is 14.3. The van der Waals surface area contributed by atoms with Crippen molar-refractivity contribution < 1.29 is 28.6 Å². The van der Waals surface area contributed by atoms with Crippen LogP contribution < -0.4 is 10.1 Å². The maximum absolute atomic E-state index is 13.2. The third-order valence-corrected chi connectivity index (χ3v) is 11.2. The molecular weight excluding hydrogens is 558 g/mol. The number of carbonyl (C=O) groups is 3. The predicted octanol–water partition coefficient (Wildman–Crippen LogP) is 4.85. The SMILES string of the molecule is COC1CCC(CN(CC2CCC(OC)CC2)[C@H]2CCCC[C@H]2Oc2ccc3c(c2)CN(C2CCC(=O)NC2=O)C3=O)CC1. The second-order valence-corrected chi connectivity index (χ2v) is 13.9. The predicted molar refractivity (Wildman–Crippen MR) is 166 cm³/mol. The highest BCUT2D eigenvalue weighted by Crippen LogP contribution is 2.36. The van der Waals surface area contributed by atoms with Crippen molar-refractivity contribution in [3.8, 4) is 5.75 Å². The van der Waals surface area contributed by atoms with Crippen LogP contribution in [0.5, 0.6) is 5.75 Å². The zero-order chi connectivity index (χ0) is 30.6.